The molecule has 0 aliphatic carbocycles. The number of rotatable bonds is 6. The monoisotopic (exact) mass is 285 g/mol. The predicted molar refractivity (Wildman–Crippen MR) is 77.0 cm³/mol. The molecule has 0 heterocycles. The number of carbonyl (C=O) groups is 1. The van der Waals surface area contributed by atoms with Crippen LogP contribution in [0.2, 0.25) is 5.02 Å². The van der Waals surface area contributed by atoms with Crippen molar-refractivity contribution >= 4 is 23.2 Å². The quantitative estimate of drug-likeness (QED) is 0.870. The smallest absolute Gasteiger partial charge is 0.227 e. The highest BCUT2D eigenvalue weighted by Crippen LogP contribution is 2.28. The Bertz CT molecular complexity index is 444. The molecule has 0 saturated heterocycles. The van der Waals surface area contributed by atoms with Gasteiger partial charge in [0, 0.05) is 12.1 Å². The largest absolute Gasteiger partial charge is 0.495 e. The van der Waals surface area contributed by atoms with Crippen molar-refractivity contribution in [3.8, 4) is 5.75 Å². The number of amides is 1. The molecule has 0 spiro atoms. The first kappa shape index (κ1) is 15.8. The lowest BCUT2D eigenvalue weighted by molar-refractivity contribution is -0.122. The molecule has 1 unspecified atom stereocenters. The number of ether oxygens (including phenoxy) is 2. The molecule has 0 aliphatic rings. The molecule has 0 radical (unpaired) electrons. The van der Waals surface area contributed by atoms with Gasteiger partial charge in [-0.1, -0.05) is 18.5 Å². The zero-order chi connectivity index (χ0) is 14.5. The number of carbonyl (C=O) groups excluding carboxylic acids is 1. The van der Waals surface area contributed by atoms with Gasteiger partial charge in [0.25, 0.3) is 0 Å². The number of nitrogens with one attached hydrogen (secondary N) is 1. The van der Waals surface area contributed by atoms with E-state index in [1.165, 1.54) is 0 Å². The molecule has 1 N–H and O–H groups in total. The van der Waals surface area contributed by atoms with E-state index < -0.39 is 5.60 Å². The Morgan fingerprint density at radius 2 is 2.11 bits per heavy atom. The first-order valence-corrected chi connectivity index (χ1v) is 6.50. The maximum absolute atomic E-state index is 12.0. The van der Waals surface area contributed by atoms with Gasteiger partial charge in [-0.25, -0.2) is 0 Å². The van der Waals surface area contributed by atoms with E-state index in [4.69, 9.17) is 21.1 Å². The summed E-state index contributed by atoms with van der Waals surface area (Å²) in [6.07, 6.45) is 1.03. The van der Waals surface area contributed by atoms with Crippen LogP contribution in [0.3, 0.4) is 0 Å². The highest BCUT2D eigenvalue weighted by atomic mass is 35.5. The van der Waals surface area contributed by atoms with Crippen LogP contribution in [0.4, 0.5) is 5.69 Å². The number of methoxy groups -OCH3 is 2. The topological polar surface area (TPSA) is 47.6 Å². The molecule has 1 aromatic rings. The molecule has 1 atom stereocenters. The fourth-order valence-electron chi connectivity index (χ4n) is 1.65. The van der Waals surface area contributed by atoms with Gasteiger partial charge in [0.15, 0.2) is 0 Å². The summed E-state index contributed by atoms with van der Waals surface area (Å²) in [7, 11) is 3.15. The zero-order valence-electron chi connectivity index (χ0n) is 11.7. The SMILES string of the molecule is CCC(C)(CC(=O)Nc1cc(Cl)ccc1OC)OC. The molecule has 5 heteroatoms. The lowest BCUT2D eigenvalue weighted by atomic mass is 9.98. The Hall–Kier alpha value is -1.26. The van der Waals surface area contributed by atoms with Gasteiger partial charge in [-0.15, -0.1) is 0 Å². The summed E-state index contributed by atoms with van der Waals surface area (Å²) in [6, 6.07) is 5.09. The van der Waals surface area contributed by atoms with E-state index in [1.807, 2.05) is 13.8 Å². The second kappa shape index (κ2) is 6.78. The second-order valence-electron chi connectivity index (χ2n) is 4.58. The van der Waals surface area contributed by atoms with Gasteiger partial charge >= 0.3 is 0 Å². The number of hydrogen-bond acceptors (Lipinski definition) is 3. The standard InChI is InChI=1S/C14H20ClNO3/c1-5-14(2,19-4)9-13(17)16-11-8-10(15)6-7-12(11)18-3/h6-8H,5,9H2,1-4H3,(H,16,17). The van der Waals surface area contributed by atoms with Crippen LogP contribution >= 0.6 is 11.6 Å². The van der Waals surface area contributed by atoms with Crippen LogP contribution in [0.5, 0.6) is 5.75 Å². The van der Waals surface area contributed by atoms with Crippen LogP contribution in [0.15, 0.2) is 18.2 Å². The lowest BCUT2D eigenvalue weighted by Gasteiger charge is -2.26. The fraction of sp³-hybridized carbons (Fsp3) is 0.500. The van der Waals surface area contributed by atoms with Gasteiger partial charge in [0.1, 0.15) is 5.75 Å². The molecular formula is C14H20ClNO3. The Morgan fingerprint density at radius 1 is 1.42 bits per heavy atom. The van der Waals surface area contributed by atoms with Crippen LogP contribution in [-0.2, 0) is 9.53 Å². The van der Waals surface area contributed by atoms with Gasteiger partial charge in [-0.2, -0.15) is 0 Å². The maximum atomic E-state index is 12.0. The van der Waals surface area contributed by atoms with Gasteiger partial charge in [0.2, 0.25) is 5.91 Å². The third kappa shape index (κ3) is 4.40. The molecule has 106 valence electrons. The van der Waals surface area contributed by atoms with Crippen molar-refractivity contribution in [2.75, 3.05) is 19.5 Å². The molecule has 0 fully saturated rings. The van der Waals surface area contributed by atoms with E-state index >= 15 is 0 Å². The Morgan fingerprint density at radius 3 is 2.63 bits per heavy atom. The minimum absolute atomic E-state index is 0.133. The molecule has 0 aliphatic heterocycles. The van der Waals surface area contributed by atoms with E-state index in [9.17, 15) is 4.79 Å². The van der Waals surface area contributed by atoms with Gasteiger partial charge < -0.3 is 14.8 Å². The van der Waals surface area contributed by atoms with Crippen molar-refractivity contribution in [1.82, 2.24) is 0 Å². The summed E-state index contributed by atoms with van der Waals surface area (Å²) >= 11 is 5.91. The Balaban J connectivity index is 2.79. The lowest BCUT2D eigenvalue weighted by Crippen LogP contribution is -2.32. The Kier molecular flexibility index (Phi) is 5.63. The second-order valence-corrected chi connectivity index (χ2v) is 5.01. The third-order valence-electron chi connectivity index (χ3n) is 3.21. The minimum atomic E-state index is -0.462. The van der Waals surface area contributed by atoms with E-state index in [1.54, 1.807) is 32.4 Å². The molecule has 1 amide bonds. The first-order chi connectivity index (χ1) is 8.94. The van der Waals surface area contributed by atoms with Gasteiger partial charge in [0.05, 0.1) is 24.8 Å². The number of benzene rings is 1. The summed E-state index contributed by atoms with van der Waals surface area (Å²) in [5, 5.41) is 3.34. The van der Waals surface area contributed by atoms with Crippen molar-refractivity contribution in [2.45, 2.75) is 32.3 Å². The predicted octanol–water partition coefficient (Wildman–Crippen LogP) is 3.49. The molecule has 1 aromatic carbocycles. The molecule has 0 bridgehead atoms. The minimum Gasteiger partial charge on any atom is -0.495 e. The van der Waals surface area contributed by atoms with Crippen LogP contribution in [-0.4, -0.2) is 25.7 Å². The first-order valence-electron chi connectivity index (χ1n) is 6.12. The summed E-state index contributed by atoms with van der Waals surface area (Å²) < 4.78 is 10.5. The number of halogens is 1. The summed E-state index contributed by atoms with van der Waals surface area (Å²) in [6.45, 7) is 3.89. The molecular weight excluding hydrogens is 266 g/mol. The number of hydrogen-bond donors (Lipinski definition) is 1. The Labute approximate surface area is 119 Å². The van der Waals surface area contributed by atoms with E-state index in [2.05, 4.69) is 5.32 Å². The summed E-state index contributed by atoms with van der Waals surface area (Å²) in [5.74, 6) is 0.445. The van der Waals surface area contributed by atoms with Crippen molar-refractivity contribution in [2.24, 2.45) is 0 Å². The summed E-state index contributed by atoms with van der Waals surface area (Å²) in [4.78, 5) is 12.0. The van der Waals surface area contributed by atoms with Crippen LogP contribution in [0.1, 0.15) is 26.7 Å². The molecule has 1 rings (SSSR count). The third-order valence-corrected chi connectivity index (χ3v) is 3.45. The normalized spacial score (nSPS) is 13.7. The van der Waals surface area contributed by atoms with Crippen LogP contribution < -0.4 is 10.1 Å². The number of anilines is 1. The maximum Gasteiger partial charge on any atom is 0.227 e. The molecule has 0 saturated carbocycles. The van der Waals surface area contributed by atoms with Crippen LogP contribution in [0.25, 0.3) is 0 Å². The van der Waals surface area contributed by atoms with E-state index in [0.717, 1.165) is 6.42 Å². The average molecular weight is 286 g/mol. The fourth-order valence-corrected chi connectivity index (χ4v) is 1.83. The van der Waals surface area contributed by atoms with Gasteiger partial charge in [-0.05, 0) is 31.5 Å². The average Bonchev–Trinajstić information content (AvgIpc) is 2.38. The zero-order valence-corrected chi connectivity index (χ0v) is 12.5. The van der Waals surface area contributed by atoms with Crippen molar-refractivity contribution < 1.29 is 14.3 Å². The highest BCUT2D eigenvalue weighted by Gasteiger charge is 2.25. The van der Waals surface area contributed by atoms with E-state index in [-0.39, 0.29) is 12.3 Å². The van der Waals surface area contributed by atoms with E-state index in [0.29, 0.717) is 16.5 Å². The van der Waals surface area contributed by atoms with Crippen molar-refractivity contribution in [3.63, 3.8) is 0 Å². The molecule has 19 heavy (non-hydrogen) atoms. The molecule has 0 aromatic heterocycles. The van der Waals surface area contributed by atoms with Crippen LogP contribution in [0, 0.1) is 0 Å². The van der Waals surface area contributed by atoms with Gasteiger partial charge in [-0.3, -0.25) is 4.79 Å². The highest BCUT2D eigenvalue weighted by molar-refractivity contribution is 6.31. The van der Waals surface area contributed by atoms with Crippen molar-refractivity contribution in [3.05, 3.63) is 23.2 Å². The van der Waals surface area contributed by atoms with Crippen molar-refractivity contribution in [1.29, 1.82) is 0 Å². The molecule has 4 nitrogen and oxygen atoms in total. The summed E-state index contributed by atoms with van der Waals surface area (Å²) in [5.41, 5.74) is 0.102.